The maximum atomic E-state index is 12.1. The van der Waals surface area contributed by atoms with Gasteiger partial charge in [-0.05, 0) is 18.6 Å². The molecule has 26 heavy (non-hydrogen) atoms. The van der Waals surface area contributed by atoms with Crippen LogP contribution < -0.4 is 15.4 Å². The Balaban J connectivity index is 1.93. The van der Waals surface area contributed by atoms with Gasteiger partial charge >= 0.3 is 11.8 Å². The first-order valence-electron chi connectivity index (χ1n) is 8.36. The molecule has 0 aliphatic rings. The quantitative estimate of drug-likeness (QED) is 0.747. The Morgan fingerprint density at radius 1 is 0.962 bits per heavy atom. The molecule has 2 atom stereocenters. The molecule has 0 heterocycles. The Morgan fingerprint density at radius 2 is 1.62 bits per heavy atom. The minimum Gasteiger partial charge on any atom is -0.496 e. The summed E-state index contributed by atoms with van der Waals surface area (Å²) in [5.74, 6) is -0.725. The minimum absolute atomic E-state index is 0.156. The molecule has 2 amide bonds. The highest BCUT2D eigenvalue weighted by Crippen LogP contribution is 2.26. The Bertz CT molecular complexity index is 734. The van der Waals surface area contributed by atoms with Gasteiger partial charge in [0, 0.05) is 19.2 Å². The first-order valence-corrected chi connectivity index (χ1v) is 8.36. The fraction of sp³-hybridized carbons (Fsp3) is 0.300. The normalized spacial score (nSPS) is 12.7. The van der Waals surface area contributed by atoms with Crippen molar-refractivity contribution in [2.45, 2.75) is 19.1 Å². The molecule has 2 aromatic rings. The number of rotatable bonds is 7. The molecule has 0 radical (unpaired) electrons. The summed E-state index contributed by atoms with van der Waals surface area (Å²) in [6, 6.07) is 16.6. The summed E-state index contributed by atoms with van der Waals surface area (Å²) in [5.41, 5.74) is 1.73. The van der Waals surface area contributed by atoms with Crippen LogP contribution in [0.5, 0.6) is 5.75 Å². The molecule has 0 saturated heterocycles. The van der Waals surface area contributed by atoms with Crippen molar-refractivity contribution in [2.75, 3.05) is 20.8 Å². The van der Waals surface area contributed by atoms with E-state index in [0.29, 0.717) is 5.75 Å². The second-order valence-corrected chi connectivity index (χ2v) is 5.78. The standard InChI is InChI=1S/C20H24N2O4/c1-14(15-9-5-4-6-10-15)22-20(24)19(23)21-13-18(26-3)16-11-7-8-12-17(16)25-2/h4-12,14,18H,13H2,1-3H3,(H,21,23)(H,22,24)/t14-,18-/m1/s1. The predicted molar refractivity (Wildman–Crippen MR) is 98.8 cm³/mol. The molecule has 0 aliphatic carbocycles. The topological polar surface area (TPSA) is 76.7 Å². The summed E-state index contributed by atoms with van der Waals surface area (Å²) < 4.78 is 10.7. The maximum absolute atomic E-state index is 12.1. The van der Waals surface area contributed by atoms with Crippen LogP contribution in [0.2, 0.25) is 0 Å². The summed E-state index contributed by atoms with van der Waals surface area (Å²) in [5, 5.41) is 5.29. The van der Waals surface area contributed by atoms with Crippen LogP contribution in [0.3, 0.4) is 0 Å². The number of nitrogens with one attached hydrogen (secondary N) is 2. The van der Waals surface area contributed by atoms with Crippen molar-refractivity contribution >= 4 is 11.8 Å². The number of ether oxygens (including phenoxy) is 2. The number of para-hydroxylation sites is 1. The number of hydrogen-bond donors (Lipinski definition) is 2. The van der Waals surface area contributed by atoms with Gasteiger partial charge in [-0.3, -0.25) is 9.59 Å². The van der Waals surface area contributed by atoms with Crippen molar-refractivity contribution in [1.29, 1.82) is 0 Å². The summed E-state index contributed by atoms with van der Waals surface area (Å²) in [7, 11) is 3.11. The predicted octanol–water partition coefficient (Wildman–Crippen LogP) is 2.38. The van der Waals surface area contributed by atoms with Gasteiger partial charge in [0.05, 0.1) is 13.2 Å². The fourth-order valence-electron chi connectivity index (χ4n) is 2.61. The van der Waals surface area contributed by atoms with E-state index in [9.17, 15) is 9.59 Å². The van der Waals surface area contributed by atoms with Crippen LogP contribution in [0.25, 0.3) is 0 Å². The number of benzene rings is 2. The Morgan fingerprint density at radius 3 is 2.27 bits per heavy atom. The molecule has 138 valence electrons. The third-order valence-electron chi connectivity index (χ3n) is 4.07. The lowest BCUT2D eigenvalue weighted by Gasteiger charge is -2.19. The molecule has 2 N–H and O–H groups in total. The van der Waals surface area contributed by atoms with Gasteiger partial charge in [0.25, 0.3) is 0 Å². The van der Waals surface area contributed by atoms with E-state index in [2.05, 4.69) is 10.6 Å². The molecule has 0 unspecified atom stereocenters. The smallest absolute Gasteiger partial charge is 0.309 e. The van der Waals surface area contributed by atoms with E-state index < -0.39 is 17.9 Å². The van der Waals surface area contributed by atoms with E-state index in [1.54, 1.807) is 14.2 Å². The Labute approximate surface area is 153 Å². The van der Waals surface area contributed by atoms with E-state index >= 15 is 0 Å². The zero-order valence-corrected chi connectivity index (χ0v) is 15.2. The third kappa shape index (κ3) is 5.07. The monoisotopic (exact) mass is 356 g/mol. The molecule has 6 heteroatoms. The second-order valence-electron chi connectivity index (χ2n) is 5.78. The highest BCUT2D eigenvalue weighted by molar-refractivity contribution is 6.35. The van der Waals surface area contributed by atoms with E-state index in [0.717, 1.165) is 11.1 Å². The summed E-state index contributed by atoms with van der Waals surface area (Å²) >= 11 is 0. The maximum Gasteiger partial charge on any atom is 0.309 e. The van der Waals surface area contributed by atoms with Gasteiger partial charge in [0.1, 0.15) is 11.9 Å². The fourth-order valence-corrected chi connectivity index (χ4v) is 2.61. The largest absolute Gasteiger partial charge is 0.496 e. The lowest BCUT2D eigenvalue weighted by molar-refractivity contribution is -0.139. The van der Waals surface area contributed by atoms with E-state index in [-0.39, 0.29) is 12.6 Å². The van der Waals surface area contributed by atoms with Crippen LogP contribution in [0.15, 0.2) is 54.6 Å². The highest BCUT2D eigenvalue weighted by Gasteiger charge is 2.20. The van der Waals surface area contributed by atoms with Gasteiger partial charge in [-0.15, -0.1) is 0 Å². The van der Waals surface area contributed by atoms with Crippen molar-refractivity contribution in [1.82, 2.24) is 10.6 Å². The molecule has 0 spiro atoms. The number of carbonyl (C=O) groups excluding carboxylic acids is 2. The summed E-state index contributed by atoms with van der Waals surface area (Å²) in [6.45, 7) is 1.98. The van der Waals surface area contributed by atoms with Gasteiger partial charge < -0.3 is 20.1 Å². The van der Waals surface area contributed by atoms with Gasteiger partial charge in [0.15, 0.2) is 0 Å². The molecule has 2 aromatic carbocycles. The average molecular weight is 356 g/mol. The molecule has 0 aromatic heterocycles. The van der Waals surface area contributed by atoms with Gasteiger partial charge in [-0.25, -0.2) is 0 Å². The molecular weight excluding hydrogens is 332 g/mol. The van der Waals surface area contributed by atoms with Crippen LogP contribution in [0.4, 0.5) is 0 Å². The molecule has 0 saturated carbocycles. The van der Waals surface area contributed by atoms with Gasteiger partial charge in [-0.2, -0.15) is 0 Å². The molecule has 2 rings (SSSR count). The number of amides is 2. The van der Waals surface area contributed by atoms with Gasteiger partial charge in [0.2, 0.25) is 0 Å². The SMILES string of the molecule is COc1ccccc1[C@@H](CNC(=O)C(=O)N[C@H](C)c1ccccc1)OC. The summed E-state index contributed by atoms with van der Waals surface area (Å²) in [4.78, 5) is 24.2. The van der Waals surface area contributed by atoms with Crippen LogP contribution in [0, 0.1) is 0 Å². The first kappa shape index (κ1) is 19.5. The van der Waals surface area contributed by atoms with Crippen molar-refractivity contribution in [3.63, 3.8) is 0 Å². The number of hydrogen-bond acceptors (Lipinski definition) is 4. The van der Waals surface area contributed by atoms with E-state index in [1.165, 1.54) is 0 Å². The van der Waals surface area contributed by atoms with E-state index in [4.69, 9.17) is 9.47 Å². The van der Waals surface area contributed by atoms with Crippen LogP contribution in [-0.2, 0) is 14.3 Å². The summed E-state index contributed by atoms with van der Waals surface area (Å²) in [6.07, 6.45) is -0.422. The zero-order valence-electron chi connectivity index (χ0n) is 15.2. The van der Waals surface area contributed by atoms with Crippen molar-refractivity contribution < 1.29 is 19.1 Å². The Kier molecular flexibility index (Phi) is 7.17. The lowest BCUT2D eigenvalue weighted by Crippen LogP contribution is -2.42. The minimum atomic E-state index is -0.704. The van der Waals surface area contributed by atoms with Crippen LogP contribution >= 0.6 is 0 Å². The van der Waals surface area contributed by atoms with Crippen molar-refractivity contribution in [3.8, 4) is 5.75 Å². The van der Waals surface area contributed by atoms with Crippen molar-refractivity contribution in [3.05, 3.63) is 65.7 Å². The second kappa shape index (κ2) is 9.58. The number of carbonyl (C=O) groups is 2. The lowest BCUT2D eigenvalue weighted by atomic mass is 10.1. The molecule has 6 nitrogen and oxygen atoms in total. The molecule has 0 fully saturated rings. The average Bonchev–Trinajstić information content (AvgIpc) is 2.69. The molecule has 0 bridgehead atoms. The highest BCUT2D eigenvalue weighted by atomic mass is 16.5. The Hall–Kier alpha value is -2.86. The van der Waals surface area contributed by atoms with Crippen LogP contribution in [0.1, 0.15) is 30.2 Å². The third-order valence-corrected chi connectivity index (χ3v) is 4.07. The van der Waals surface area contributed by atoms with Crippen LogP contribution in [-0.4, -0.2) is 32.6 Å². The first-order chi connectivity index (χ1) is 12.6. The molecular formula is C20H24N2O4. The van der Waals surface area contributed by atoms with E-state index in [1.807, 2.05) is 61.5 Å². The van der Waals surface area contributed by atoms with Gasteiger partial charge in [-0.1, -0.05) is 48.5 Å². The molecule has 0 aliphatic heterocycles. The van der Waals surface area contributed by atoms with Crippen molar-refractivity contribution in [2.24, 2.45) is 0 Å². The zero-order chi connectivity index (χ0) is 18.9. The number of methoxy groups -OCH3 is 2.